The number of amides is 1. The predicted molar refractivity (Wildman–Crippen MR) is 85.4 cm³/mol. The average Bonchev–Trinajstić information content (AvgIpc) is 3.30. The molecule has 24 heavy (non-hydrogen) atoms. The molecular formula is C18H20N2O4. The third kappa shape index (κ3) is 2.72. The highest BCUT2D eigenvalue weighted by atomic mass is 16.5. The molecule has 0 N–H and O–H groups in total. The number of fused-ring (bicyclic) bond motifs is 1. The number of aromatic nitrogens is 1. The molecule has 0 aromatic carbocycles. The van der Waals surface area contributed by atoms with Crippen LogP contribution in [0.2, 0.25) is 0 Å². The third-order valence-corrected chi connectivity index (χ3v) is 4.88. The SMILES string of the molecule is Cc1occc1C(=O)N1C[C@@H](OCc2cccnc2)[C@@H]2COC[C@@H]21. The molecule has 3 atom stereocenters. The first-order valence-electron chi connectivity index (χ1n) is 8.17. The van der Waals surface area contributed by atoms with Crippen molar-refractivity contribution in [3.63, 3.8) is 0 Å². The molecule has 2 aliphatic heterocycles. The van der Waals surface area contributed by atoms with Gasteiger partial charge in [-0.1, -0.05) is 6.07 Å². The number of nitrogens with zero attached hydrogens (tertiary/aromatic N) is 2. The van der Waals surface area contributed by atoms with Crippen molar-refractivity contribution < 1.29 is 18.7 Å². The molecule has 2 aromatic rings. The van der Waals surface area contributed by atoms with Crippen molar-refractivity contribution in [3.8, 4) is 0 Å². The maximum absolute atomic E-state index is 12.8. The van der Waals surface area contributed by atoms with Crippen molar-refractivity contribution in [2.24, 2.45) is 5.92 Å². The first-order chi connectivity index (χ1) is 11.7. The zero-order valence-electron chi connectivity index (χ0n) is 13.6. The molecule has 2 fully saturated rings. The maximum Gasteiger partial charge on any atom is 0.257 e. The van der Waals surface area contributed by atoms with E-state index in [1.807, 2.05) is 24.0 Å². The Bertz CT molecular complexity index is 715. The van der Waals surface area contributed by atoms with E-state index >= 15 is 0 Å². The largest absolute Gasteiger partial charge is 0.469 e. The number of hydrogen-bond acceptors (Lipinski definition) is 5. The molecule has 0 aliphatic carbocycles. The summed E-state index contributed by atoms with van der Waals surface area (Å²) in [6.07, 6.45) is 5.08. The van der Waals surface area contributed by atoms with Crippen molar-refractivity contribution in [1.29, 1.82) is 0 Å². The van der Waals surface area contributed by atoms with Gasteiger partial charge < -0.3 is 18.8 Å². The summed E-state index contributed by atoms with van der Waals surface area (Å²) in [7, 11) is 0. The summed E-state index contributed by atoms with van der Waals surface area (Å²) in [5, 5.41) is 0. The van der Waals surface area contributed by atoms with Crippen LogP contribution in [0.1, 0.15) is 21.7 Å². The zero-order valence-corrected chi connectivity index (χ0v) is 13.6. The Hall–Kier alpha value is -2.18. The van der Waals surface area contributed by atoms with Crippen LogP contribution in [-0.4, -0.2) is 47.7 Å². The van der Waals surface area contributed by atoms with E-state index in [1.54, 1.807) is 24.7 Å². The van der Waals surface area contributed by atoms with Gasteiger partial charge >= 0.3 is 0 Å². The summed E-state index contributed by atoms with van der Waals surface area (Å²) in [6.45, 7) is 4.09. The average molecular weight is 328 g/mol. The van der Waals surface area contributed by atoms with E-state index < -0.39 is 0 Å². The van der Waals surface area contributed by atoms with E-state index in [9.17, 15) is 4.79 Å². The normalized spacial score (nSPS) is 25.9. The van der Waals surface area contributed by atoms with Crippen LogP contribution in [0, 0.1) is 12.8 Å². The fourth-order valence-electron chi connectivity index (χ4n) is 3.56. The molecule has 0 bridgehead atoms. The zero-order chi connectivity index (χ0) is 16.5. The summed E-state index contributed by atoms with van der Waals surface area (Å²) < 4.78 is 17.0. The second-order valence-corrected chi connectivity index (χ2v) is 6.33. The standard InChI is InChI=1S/C18H20N2O4/c1-12-14(4-6-23-12)18(21)20-8-17(15-10-22-11-16(15)20)24-9-13-3-2-5-19-7-13/h2-7,15-17H,8-11H2,1H3/t15-,16+,17-/m1/s1. The highest BCUT2D eigenvalue weighted by Crippen LogP contribution is 2.34. The third-order valence-electron chi connectivity index (χ3n) is 4.88. The first-order valence-corrected chi connectivity index (χ1v) is 8.17. The van der Waals surface area contributed by atoms with Gasteiger partial charge in [0.15, 0.2) is 0 Å². The topological polar surface area (TPSA) is 64.8 Å². The molecule has 6 heteroatoms. The van der Waals surface area contributed by atoms with Crippen LogP contribution in [0.15, 0.2) is 41.3 Å². The van der Waals surface area contributed by atoms with Crippen LogP contribution < -0.4 is 0 Å². The number of aryl methyl sites for hydroxylation is 1. The molecule has 0 radical (unpaired) electrons. The number of pyridine rings is 1. The van der Waals surface area contributed by atoms with Crippen molar-refractivity contribution in [3.05, 3.63) is 53.7 Å². The van der Waals surface area contributed by atoms with E-state index in [0.29, 0.717) is 37.7 Å². The molecule has 0 spiro atoms. The number of furan rings is 1. The lowest BCUT2D eigenvalue weighted by Crippen LogP contribution is -2.38. The summed E-state index contributed by atoms with van der Waals surface area (Å²) in [6, 6.07) is 5.69. The summed E-state index contributed by atoms with van der Waals surface area (Å²) in [4.78, 5) is 18.8. The lowest BCUT2D eigenvalue weighted by atomic mass is 10.0. The smallest absolute Gasteiger partial charge is 0.257 e. The molecule has 0 saturated carbocycles. The summed E-state index contributed by atoms with van der Waals surface area (Å²) in [5.74, 6) is 0.863. The van der Waals surface area contributed by atoms with Crippen LogP contribution in [0.3, 0.4) is 0 Å². The van der Waals surface area contributed by atoms with Crippen LogP contribution in [0.5, 0.6) is 0 Å². The van der Waals surface area contributed by atoms with Gasteiger partial charge in [-0.2, -0.15) is 0 Å². The van der Waals surface area contributed by atoms with E-state index in [2.05, 4.69) is 4.98 Å². The van der Waals surface area contributed by atoms with Crippen LogP contribution >= 0.6 is 0 Å². The minimum Gasteiger partial charge on any atom is -0.469 e. The second kappa shape index (κ2) is 6.37. The van der Waals surface area contributed by atoms with Gasteiger partial charge in [-0.25, -0.2) is 0 Å². The van der Waals surface area contributed by atoms with E-state index in [1.165, 1.54) is 0 Å². The minimum absolute atomic E-state index is 0.00534. The van der Waals surface area contributed by atoms with E-state index in [0.717, 1.165) is 5.56 Å². The number of likely N-dealkylation sites (tertiary alicyclic amines) is 1. The fourth-order valence-corrected chi connectivity index (χ4v) is 3.56. The Labute approximate surface area is 140 Å². The fraction of sp³-hybridized carbons (Fsp3) is 0.444. The van der Waals surface area contributed by atoms with Gasteiger partial charge in [0.1, 0.15) is 5.76 Å². The number of ether oxygens (including phenoxy) is 2. The monoisotopic (exact) mass is 328 g/mol. The lowest BCUT2D eigenvalue weighted by Gasteiger charge is -2.22. The summed E-state index contributed by atoms with van der Waals surface area (Å²) in [5.41, 5.74) is 1.65. The van der Waals surface area contributed by atoms with Gasteiger partial charge in [-0.15, -0.1) is 0 Å². The molecule has 0 unspecified atom stereocenters. The van der Waals surface area contributed by atoms with Gasteiger partial charge in [0.25, 0.3) is 5.91 Å². The van der Waals surface area contributed by atoms with Crippen LogP contribution in [0.4, 0.5) is 0 Å². The maximum atomic E-state index is 12.8. The van der Waals surface area contributed by atoms with Gasteiger partial charge in [-0.3, -0.25) is 9.78 Å². The quantitative estimate of drug-likeness (QED) is 0.859. The molecule has 2 aromatic heterocycles. The van der Waals surface area contributed by atoms with E-state index in [4.69, 9.17) is 13.9 Å². The van der Waals surface area contributed by atoms with Crippen molar-refractivity contribution in [2.45, 2.75) is 25.7 Å². The Kier molecular flexibility index (Phi) is 4.08. The second-order valence-electron chi connectivity index (χ2n) is 6.33. The molecule has 6 nitrogen and oxygen atoms in total. The van der Waals surface area contributed by atoms with Gasteiger partial charge in [0, 0.05) is 24.9 Å². The number of hydrogen-bond donors (Lipinski definition) is 0. The molecule has 2 aliphatic rings. The Balaban J connectivity index is 1.47. The van der Waals surface area contributed by atoms with E-state index in [-0.39, 0.29) is 24.0 Å². The number of carbonyl (C=O) groups excluding carboxylic acids is 1. The van der Waals surface area contributed by atoms with Gasteiger partial charge in [0.2, 0.25) is 0 Å². The predicted octanol–water partition coefficient (Wildman–Crippen LogP) is 2.04. The minimum atomic E-state index is -0.0196. The van der Waals surface area contributed by atoms with Gasteiger partial charge in [0.05, 0.1) is 43.8 Å². The lowest BCUT2D eigenvalue weighted by molar-refractivity contribution is 0.00923. The first kappa shape index (κ1) is 15.4. The highest BCUT2D eigenvalue weighted by Gasteiger charge is 2.48. The molecule has 4 rings (SSSR count). The molecule has 4 heterocycles. The molecule has 126 valence electrons. The molecule has 2 saturated heterocycles. The van der Waals surface area contributed by atoms with Gasteiger partial charge in [-0.05, 0) is 24.6 Å². The molecule has 1 amide bonds. The summed E-state index contributed by atoms with van der Waals surface area (Å²) >= 11 is 0. The number of carbonyl (C=O) groups is 1. The number of rotatable bonds is 4. The van der Waals surface area contributed by atoms with Crippen molar-refractivity contribution in [2.75, 3.05) is 19.8 Å². The Morgan fingerprint density at radius 3 is 3.08 bits per heavy atom. The highest BCUT2D eigenvalue weighted by molar-refractivity contribution is 5.95. The van der Waals surface area contributed by atoms with Crippen LogP contribution in [-0.2, 0) is 16.1 Å². The Morgan fingerprint density at radius 2 is 2.33 bits per heavy atom. The van der Waals surface area contributed by atoms with Crippen molar-refractivity contribution >= 4 is 5.91 Å². The molecular weight excluding hydrogens is 308 g/mol. The Morgan fingerprint density at radius 1 is 1.42 bits per heavy atom. The van der Waals surface area contributed by atoms with Crippen LogP contribution in [0.25, 0.3) is 0 Å². The van der Waals surface area contributed by atoms with Crippen molar-refractivity contribution in [1.82, 2.24) is 9.88 Å².